The van der Waals surface area contributed by atoms with E-state index in [1.807, 2.05) is 0 Å². The summed E-state index contributed by atoms with van der Waals surface area (Å²) in [7, 11) is 1.16. The molecule has 4 N–H and O–H groups in total. The second kappa shape index (κ2) is 11.5. The topological polar surface area (TPSA) is 151 Å². The van der Waals surface area contributed by atoms with Gasteiger partial charge in [-0.25, -0.2) is 9.59 Å². The summed E-state index contributed by atoms with van der Waals surface area (Å²) in [4.78, 5) is 46.6. The van der Waals surface area contributed by atoms with Crippen LogP contribution in [-0.4, -0.2) is 59.4 Å². The second-order valence-electron chi connectivity index (χ2n) is 5.94. The first-order valence-electron chi connectivity index (χ1n) is 8.49. The van der Waals surface area contributed by atoms with E-state index in [1.165, 1.54) is 6.92 Å². The molecule has 2 amide bonds. The van der Waals surface area contributed by atoms with Gasteiger partial charge in [0.25, 0.3) is 0 Å². The van der Waals surface area contributed by atoms with Crippen molar-refractivity contribution in [3.63, 3.8) is 0 Å². The fourth-order valence-electron chi connectivity index (χ4n) is 2.18. The standard InChI is InChI=1S/C18H24N2O8/c1-11(21)15(20-18(26)28-10-12-6-4-3-5-7-12)16(23)19-13(17(24)25)8-9-14(22)27-2/h3-7,11,13,15,21H,8-10H2,1-2H3,(H,19,23)(H,20,26)(H,24,25)/t11-,13+,15+/m1/s1. The smallest absolute Gasteiger partial charge is 0.408 e. The van der Waals surface area contributed by atoms with Crippen molar-refractivity contribution in [2.24, 2.45) is 0 Å². The molecule has 1 aromatic carbocycles. The zero-order valence-electron chi connectivity index (χ0n) is 15.6. The number of aliphatic hydroxyl groups is 1. The number of carbonyl (C=O) groups is 4. The van der Waals surface area contributed by atoms with Gasteiger partial charge in [0.15, 0.2) is 0 Å². The molecule has 10 heteroatoms. The van der Waals surface area contributed by atoms with Crippen molar-refractivity contribution >= 4 is 23.9 Å². The molecule has 28 heavy (non-hydrogen) atoms. The molecule has 0 saturated heterocycles. The van der Waals surface area contributed by atoms with Gasteiger partial charge in [-0.05, 0) is 18.9 Å². The highest BCUT2D eigenvalue weighted by molar-refractivity contribution is 5.89. The molecule has 0 bridgehead atoms. The molecule has 0 aromatic heterocycles. The van der Waals surface area contributed by atoms with Crippen LogP contribution in [0.4, 0.5) is 4.79 Å². The van der Waals surface area contributed by atoms with Gasteiger partial charge in [-0.15, -0.1) is 0 Å². The van der Waals surface area contributed by atoms with Gasteiger partial charge < -0.3 is 30.3 Å². The molecule has 0 radical (unpaired) electrons. The van der Waals surface area contributed by atoms with E-state index in [2.05, 4.69) is 15.4 Å². The number of alkyl carbamates (subject to hydrolysis) is 1. The summed E-state index contributed by atoms with van der Waals surface area (Å²) in [6, 6.07) is 5.98. The molecule has 1 aromatic rings. The van der Waals surface area contributed by atoms with Crippen molar-refractivity contribution in [2.45, 2.75) is 44.6 Å². The average molecular weight is 396 g/mol. The molecule has 154 valence electrons. The van der Waals surface area contributed by atoms with Crippen LogP contribution in [0, 0.1) is 0 Å². The van der Waals surface area contributed by atoms with Gasteiger partial charge in [0.2, 0.25) is 5.91 Å². The Morgan fingerprint density at radius 1 is 1.11 bits per heavy atom. The van der Waals surface area contributed by atoms with E-state index in [0.717, 1.165) is 12.7 Å². The maximum absolute atomic E-state index is 12.3. The summed E-state index contributed by atoms with van der Waals surface area (Å²) in [5, 5.41) is 23.3. The number of carboxylic acid groups (broad SMARTS) is 1. The third kappa shape index (κ3) is 8.04. The molecule has 3 atom stereocenters. The van der Waals surface area contributed by atoms with Crippen LogP contribution < -0.4 is 10.6 Å². The van der Waals surface area contributed by atoms with Crippen molar-refractivity contribution in [2.75, 3.05) is 7.11 Å². The first-order chi connectivity index (χ1) is 13.2. The third-order valence-electron chi connectivity index (χ3n) is 3.73. The van der Waals surface area contributed by atoms with Gasteiger partial charge in [-0.1, -0.05) is 30.3 Å². The minimum absolute atomic E-state index is 0.0439. The third-order valence-corrected chi connectivity index (χ3v) is 3.73. The Bertz CT molecular complexity index is 677. The van der Waals surface area contributed by atoms with Gasteiger partial charge in [0, 0.05) is 6.42 Å². The van der Waals surface area contributed by atoms with Crippen molar-refractivity contribution in [3.05, 3.63) is 35.9 Å². The summed E-state index contributed by atoms with van der Waals surface area (Å²) in [6.07, 6.45) is -2.70. The van der Waals surface area contributed by atoms with Crippen LogP contribution in [-0.2, 0) is 30.5 Å². The summed E-state index contributed by atoms with van der Waals surface area (Å²) in [6.45, 7) is 1.21. The number of rotatable bonds is 10. The molecule has 0 fully saturated rings. The first kappa shape index (κ1) is 22.9. The van der Waals surface area contributed by atoms with Crippen LogP contribution in [0.5, 0.6) is 0 Å². The molecular weight excluding hydrogens is 372 g/mol. The highest BCUT2D eigenvalue weighted by Crippen LogP contribution is 2.04. The number of benzene rings is 1. The van der Waals surface area contributed by atoms with E-state index < -0.39 is 42.1 Å². The zero-order valence-corrected chi connectivity index (χ0v) is 15.6. The number of carbonyl (C=O) groups excluding carboxylic acids is 3. The van der Waals surface area contributed by atoms with E-state index in [-0.39, 0.29) is 19.4 Å². The number of aliphatic hydroxyl groups excluding tert-OH is 1. The van der Waals surface area contributed by atoms with Crippen molar-refractivity contribution in [3.8, 4) is 0 Å². The van der Waals surface area contributed by atoms with E-state index in [9.17, 15) is 29.4 Å². The predicted molar refractivity (Wildman–Crippen MR) is 96.0 cm³/mol. The molecule has 0 aliphatic heterocycles. The maximum Gasteiger partial charge on any atom is 0.408 e. The summed E-state index contributed by atoms with van der Waals surface area (Å²) in [5.41, 5.74) is 0.726. The normalized spacial score (nSPS) is 13.5. The zero-order chi connectivity index (χ0) is 21.1. The average Bonchev–Trinajstić information content (AvgIpc) is 2.67. The van der Waals surface area contributed by atoms with Crippen molar-refractivity contribution in [1.29, 1.82) is 0 Å². The number of hydrogen-bond acceptors (Lipinski definition) is 7. The molecule has 0 heterocycles. The Hall–Kier alpha value is -3.14. The lowest BCUT2D eigenvalue weighted by Gasteiger charge is -2.23. The van der Waals surface area contributed by atoms with Crippen LogP contribution in [0.1, 0.15) is 25.3 Å². The second-order valence-corrected chi connectivity index (χ2v) is 5.94. The number of aliphatic carboxylic acids is 1. The van der Waals surface area contributed by atoms with E-state index in [0.29, 0.717) is 0 Å². The molecular formula is C18H24N2O8. The van der Waals surface area contributed by atoms with Gasteiger partial charge in [0.05, 0.1) is 13.2 Å². The maximum atomic E-state index is 12.3. The van der Waals surface area contributed by atoms with Gasteiger partial charge in [-0.3, -0.25) is 9.59 Å². The lowest BCUT2D eigenvalue weighted by atomic mass is 10.1. The van der Waals surface area contributed by atoms with Crippen molar-refractivity contribution in [1.82, 2.24) is 10.6 Å². The molecule has 0 aliphatic rings. The Morgan fingerprint density at radius 2 is 1.75 bits per heavy atom. The molecule has 0 saturated carbocycles. The first-order valence-corrected chi connectivity index (χ1v) is 8.49. The van der Waals surface area contributed by atoms with Gasteiger partial charge >= 0.3 is 18.0 Å². The lowest BCUT2D eigenvalue weighted by molar-refractivity contribution is -0.144. The largest absolute Gasteiger partial charge is 0.480 e. The van der Waals surface area contributed by atoms with Crippen LogP contribution in [0.25, 0.3) is 0 Å². The van der Waals surface area contributed by atoms with E-state index >= 15 is 0 Å². The van der Waals surface area contributed by atoms with Crippen LogP contribution in [0.15, 0.2) is 30.3 Å². The molecule has 0 spiro atoms. The highest BCUT2D eigenvalue weighted by Gasteiger charge is 2.30. The van der Waals surface area contributed by atoms with E-state index in [4.69, 9.17) is 4.74 Å². The Labute approximate surface area is 161 Å². The number of ether oxygens (including phenoxy) is 2. The lowest BCUT2D eigenvalue weighted by Crippen LogP contribution is -2.55. The summed E-state index contributed by atoms with van der Waals surface area (Å²) >= 11 is 0. The number of nitrogens with one attached hydrogen (secondary N) is 2. The number of hydrogen-bond donors (Lipinski definition) is 4. The summed E-state index contributed by atoms with van der Waals surface area (Å²) < 4.78 is 9.42. The Kier molecular flexibility index (Phi) is 9.44. The number of amides is 2. The molecule has 10 nitrogen and oxygen atoms in total. The Balaban J connectivity index is 2.64. The fraction of sp³-hybridized carbons (Fsp3) is 0.444. The number of esters is 1. The monoisotopic (exact) mass is 396 g/mol. The minimum Gasteiger partial charge on any atom is -0.480 e. The van der Waals surface area contributed by atoms with Crippen LogP contribution >= 0.6 is 0 Å². The molecule has 0 aliphatic carbocycles. The van der Waals surface area contributed by atoms with Gasteiger partial charge in [0.1, 0.15) is 18.7 Å². The van der Waals surface area contributed by atoms with Crippen molar-refractivity contribution < 1.29 is 38.9 Å². The summed E-state index contributed by atoms with van der Waals surface area (Å²) in [5.74, 6) is -2.92. The predicted octanol–water partition coefficient (Wildman–Crippen LogP) is 0.185. The minimum atomic E-state index is -1.44. The SMILES string of the molecule is COC(=O)CC[C@H](NC(=O)[C@@H](NC(=O)OCc1ccccc1)[C@@H](C)O)C(=O)O. The Morgan fingerprint density at radius 3 is 2.29 bits per heavy atom. The quantitative estimate of drug-likeness (QED) is 0.409. The molecule has 0 unspecified atom stereocenters. The number of methoxy groups -OCH3 is 1. The fourth-order valence-corrected chi connectivity index (χ4v) is 2.18. The van der Waals surface area contributed by atoms with Crippen LogP contribution in [0.3, 0.4) is 0 Å². The van der Waals surface area contributed by atoms with E-state index in [1.54, 1.807) is 30.3 Å². The molecule has 1 rings (SSSR count). The van der Waals surface area contributed by atoms with Gasteiger partial charge in [-0.2, -0.15) is 0 Å². The highest BCUT2D eigenvalue weighted by atomic mass is 16.5. The number of carboxylic acids is 1. The van der Waals surface area contributed by atoms with Crippen LogP contribution in [0.2, 0.25) is 0 Å².